The molecule has 3 nitrogen and oxygen atoms in total. The lowest BCUT2D eigenvalue weighted by molar-refractivity contribution is 0.0961. The molecule has 1 unspecified atom stereocenters. The standard InChI is InChI=1S/C14H14N2O/c1-10-9-12(7-8-16-10)13(15)14(17)11-5-3-2-4-6-11/h2-9,13H,15H2,1H3. The molecule has 17 heavy (non-hydrogen) atoms. The van der Waals surface area contributed by atoms with E-state index in [0.29, 0.717) is 5.56 Å². The predicted molar refractivity (Wildman–Crippen MR) is 66.7 cm³/mol. The lowest BCUT2D eigenvalue weighted by atomic mass is 9.99. The number of hydrogen-bond acceptors (Lipinski definition) is 3. The van der Waals surface area contributed by atoms with Gasteiger partial charge in [-0.05, 0) is 24.6 Å². The highest BCUT2D eigenvalue weighted by atomic mass is 16.1. The van der Waals surface area contributed by atoms with Crippen molar-refractivity contribution in [3.8, 4) is 0 Å². The lowest BCUT2D eigenvalue weighted by Crippen LogP contribution is -2.21. The van der Waals surface area contributed by atoms with E-state index in [1.54, 1.807) is 24.4 Å². The summed E-state index contributed by atoms with van der Waals surface area (Å²) in [5, 5.41) is 0. The number of nitrogens with zero attached hydrogens (tertiary/aromatic N) is 1. The molecule has 0 saturated heterocycles. The minimum absolute atomic E-state index is 0.0730. The van der Waals surface area contributed by atoms with Crippen molar-refractivity contribution in [3.05, 3.63) is 65.5 Å². The molecule has 0 fully saturated rings. The normalized spacial score (nSPS) is 12.1. The Hall–Kier alpha value is -2.00. The van der Waals surface area contributed by atoms with Gasteiger partial charge in [-0.1, -0.05) is 30.3 Å². The van der Waals surface area contributed by atoms with Crippen LogP contribution in [0.3, 0.4) is 0 Å². The zero-order chi connectivity index (χ0) is 12.3. The van der Waals surface area contributed by atoms with Crippen molar-refractivity contribution in [1.82, 2.24) is 4.98 Å². The van der Waals surface area contributed by atoms with E-state index in [0.717, 1.165) is 11.3 Å². The highest BCUT2D eigenvalue weighted by Crippen LogP contribution is 2.16. The average Bonchev–Trinajstić information content (AvgIpc) is 2.38. The summed E-state index contributed by atoms with van der Waals surface area (Å²) < 4.78 is 0. The topological polar surface area (TPSA) is 56.0 Å². The Labute approximate surface area is 100 Å². The number of Topliss-reactive ketones (excluding diaryl/α,β-unsaturated/α-hetero) is 1. The van der Waals surface area contributed by atoms with Gasteiger partial charge in [0.15, 0.2) is 5.78 Å². The lowest BCUT2D eigenvalue weighted by Gasteiger charge is -2.11. The van der Waals surface area contributed by atoms with E-state index in [4.69, 9.17) is 5.73 Å². The summed E-state index contributed by atoms with van der Waals surface area (Å²) in [5.41, 5.74) is 8.25. The van der Waals surface area contributed by atoms with Gasteiger partial charge in [-0.3, -0.25) is 9.78 Å². The molecule has 0 saturated carbocycles. The Morgan fingerprint density at radius 1 is 1.24 bits per heavy atom. The second kappa shape index (κ2) is 4.89. The summed E-state index contributed by atoms with van der Waals surface area (Å²) in [5.74, 6) is -0.0730. The monoisotopic (exact) mass is 226 g/mol. The second-order valence-electron chi connectivity index (χ2n) is 3.94. The number of benzene rings is 1. The Bertz CT molecular complexity index is 523. The van der Waals surface area contributed by atoms with Crippen LogP contribution in [0.5, 0.6) is 0 Å². The number of rotatable bonds is 3. The minimum atomic E-state index is -0.626. The molecule has 2 N–H and O–H groups in total. The maximum atomic E-state index is 12.1. The number of aryl methyl sites for hydroxylation is 1. The number of hydrogen-bond donors (Lipinski definition) is 1. The zero-order valence-electron chi connectivity index (χ0n) is 9.63. The van der Waals surface area contributed by atoms with Crippen LogP contribution in [0.4, 0.5) is 0 Å². The first-order valence-electron chi connectivity index (χ1n) is 5.46. The van der Waals surface area contributed by atoms with Gasteiger partial charge in [-0.25, -0.2) is 0 Å². The minimum Gasteiger partial charge on any atom is -0.318 e. The molecule has 0 aliphatic carbocycles. The Morgan fingerprint density at radius 2 is 1.94 bits per heavy atom. The maximum absolute atomic E-state index is 12.1. The number of aromatic nitrogens is 1. The predicted octanol–water partition coefficient (Wildman–Crippen LogP) is 2.27. The quantitative estimate of drug-likeness (QED) is 0.817. The van der Waals surface area contributed by atoms with Crippen molar-refractivity contribution in [2.75, 3.05) is 0 Å². The summed E-state index contributed by atoms with van der Waals surface area (Å²) in [6, 6.07) is 12.1. The fourth-order valence-corrected chi connectivity index (χ4v) is 1.69. The first-order valence-corrected chi connectivity index (χ1v) is 5.46. The summed E-state index contributed by atoms with van der Waals surface area (Å²) in [4.78, 5) is 16.2. The number of carbonyl (C=O) groups is 1. The van der Waals surface area contributed by atoms with Gasteiger partial charge < -0.3 is 5.73 Å². The van der Waals surface area contributed by atoms with Crippen molar-refractivity contribution < 1.29 is 4.79 Å². The van der Waals surface area contributed by atoms with E-state index < -0.39 is 6.04 Å². The number of pyridine rings is 1. The average molecular weight is 226 g/mol. The van der Waals surface area contributed by atoms with Crippen molar-refractivity contribution in [2.24, 2.45) is 5.73 Å². The van der Waals surface area contributed by atoms with E-state index in [9.17, 15) is 4.79 Å². The summed E-state index contributed by atoms with van der Waals surface area (Å²) in [6.07, 6.45) is 1.67. The van der Waals surface area contributed by atoms with Gasteiger partial charge in [0.05, 0.1) is 6.04 Å². The zero-order valence-corrected chi connectivity index (χ0v) is 9.63. The third-order valence-electron chi connectivity index (χ3n) is 2.62. The van der Waals surface area contributed by atoms with E-state index in [1.165, 1.54) is 0 Å². The highest BCUT2D eigenvalue weighted by molar-refractivity contribution is 6.00. The fourth-order valence-electron chi connectivity index (χ4n) is 1.69. The molecule has 2 rings (SSSR count). The van der Waals surface area contributed by atoms with Crippen LogP contribution in [0.1, 0.15) is 27.7 Å². The SMILES string of the molecule is Cc1cc(C(N)C(=O)c2ccccc2)ccn1. The van der Waals surface area contributed by atoms with E-state index in [1.807, 2.05) is 31.2 Å². The van der Waals surface area contributed by atoms with Crippen molar-refractivity contribution in [2.45, 2.75) is 13.0 Å². The Kier molecular flexibility index (Phi) is 3.30. The molecule has 0 spiro atoms. The summed E-state index contributed by atoms with van der Waals surface area (Å²) in [6.45, 7) is 1.88. The molecular weight excluding hydrogens is 212 g/mol. The molecule has 3 heteroatoms. The van der Waals surface area contributed by atoms with Gasteiger partial charge in [0.1, 0.15) is 0 Å². The highest BCUT2D eigenvalue weighted by Gasteiger charge is 2.17. The molecule has 1 aromatic carbocycles. The van der Waals surface area contributed by atoms with Crippen LogP contribution in [-0.2, 0) is 0 Å². The number of carbonyl (C=O) groups excluding carboxylic acids is 1. The van der Waals surface area contributed by atoms with E-state index in [2.05, 4.69) is 4.98 Å². The fraction of sp³-hybridized carbons (Fsp3) is 0.143. The first-order chi connectivity index (χ1) is 8.18. The van der Waals surface area contributed by atoms with Crippen LogP contribution < -0.4 is 5.73 Å². The van der Waals surface area contributed by atoms with Crippen LogP contribution in [0.2, 0.25) is 0 Å². The molecule has 0 aliphatic rings. The van der Waals surface area contributed by atoms with Crippen LogP contribution >= 0.6 is 0 Å². The van der Waals surface area contributed by atoms with E-state index >= 15 is 0 Å². The smallest absolute Gasteiger partial charge is 0.184 e. The maximum Gasteiger partial charge on any atom is 0.184 e. The van der Waals surface area contributed by atoms with Crippen molar-refractivity contribution in [3.63, 3.8) is 0 Å². The third kappa shape index (κ3) is 2.57. The van der Waals surface area contributed by atoms with Crippen LogP contribution in [0.25, 0.3) is 0 Å². The second-order valence-corrected chi connectivity index (χ2v) is 3.94. The number of nitrogens with two attached hydrogens (primary N) is 1. The van der Waals surface area contributed by atoms with Gasteiger partial charge in [0.25, 0.3) is 0 Å². The third-order valence-corrected chi connectivity index (χ3v) is 2.62. The number of ketones is 1. The molecule has 1 heterocycles. The van der Waals surface area contributed by atoms with Gasteiger partial charge >= 0.3 is 0 Å². The molecule has 0 bridgehead atoms. The Balaban J connectivity index is 2.27. The molecule has 1 atom stereocenters. The molecular formula is C14H14N2O. The van der Waals surface area contributed by atoms with Gasteiger partial charge in [0.2, 0.25) is 0 Å². The summed E-state index contributed by atoms with van der Waals surface area (Å²) in [7, 11) is 0. The van der Waals surface area contributed by atoms with Crippen molar-refractivity contribution in [1.29, 1.82) is 0 Å². The van der Waals surface area contributed by atoms with E-state index in [-0.39, 0.29) is 5.78 Å². The van der Waals surface area contributed by atoms with Gasteiger partial charge in [-0.15, -0.1) is 0 Å². The van der Waals surface area contributed by atoms with Crippen LogP contribution in [-0.4, -0.2) is 10.8 Å². The molecule has 1 aromatic heterocycles. The molecule has 86 valence electrons. The molecule has 0 radical (unpaired) electrons. The molecule has 0 amide bonds. The molecule has 2 aromatic rings. The van der Waals surface area contributed by atoms with Crippen LogP contribution in [0, 0.1) is 6.92 Å². The van der Waals surface area contributed by atoms with Gasteiger partial charge in [0, 0.05) is 17.5 Å². The van der Waals surface area contributed by atoms with Crippen LogP contribution in [0.15, 0.2) is 48.7 Å². The van der Waals surface area contributed by atoms with Crippen molar-refractivity contribution >= 4 is 5.78 Å². The largest absolute Gasteiger partial charge is 0.318 e. The molecule has 0 aliphatic heterocycles. The first kappa shape index (κ1) is 11.5. The Morgan fingerprint density at radius 3 is 2.59 bits per heavy atom. The van der Waals surface area contributed by atoms with Gasteiger partial charge in [-0.2, -0.15) is 0 Å². The summed E-state index contributed by atoms with van der Waals surface area (Å²) >= 11 is 0.